The number of likely N-dealkylation sites (tertiary alicyclic amines) is 1. The van der Waals surface area contributed by atoms with Crippen molar-refractivity contribution in [2.24, 2.45) is 0 Å². The second-order valence-corrected chi connectivity index (χ2v) is 8.66. The van der Waals surface area contributed by atoms with E-state index in [1.807, 2.05) is 13.0 Å². The highest BCUT2D eigenvalue weighted by Gasteiger charge is 2.32. The fourth-order valence-electron chi connectivity index (χ4n) is 3.93. The number of aromatic nitrogens is 3. The van der Waals surface area contributed by atoms with Crippen molar-refractivity contribution in [2.45, 2.75) is 51.4 Å². The molecule has 0 bridgehead atoms. The van der Waals surface area contributed by atoms with E-state index in [2.05, 4.69) is 10.2 Å². The van der Waals surface area contributed by atoms with Gasteiger partial charge in [-0.25, -0.2) is 4.39 Å². The van der Waals surface area contributed by atoms with Crippen LogP contribution in [-0.4, -0.2) is 49.6 Å². The Morgan fingerprint density at radius 3 is 2.59 bits per heavy atom. The molecule has 0 spiro atoms. The zero-order chi connectivity index (χ0) is 22.9. The first-order valence-electron chi connectivity index (χ1n) is 10.7. The van der Waals surface area contributed by atoms with Crippen molar-refractivity contribution >= 4 is 5.91 Å². The predicted octanol–water partition coefficient (Wildman–Crippen LogP) is 3.71. The quantitative estimate of drug-likeness (QED) is 0.657. The molecular formula is C24H27FN4O3. The van der Waals surface area contributed by atoms with Gasteiger partial charge in [-0.3, -0.25) is 4.79 Å². The maximum absolute atomic E-state index is 14.4. The minimum absolute atomic E-state index is 0.00791. The normalized spacial score (nSPS) is 19.1. The lowest BCUT2D eigenvalue weighted by molar-refractivity contribution is 0.0372. The van der Waals surface area contributed by atoms with Gasteiger partial charge < -0.3 is 14.7 Å². The Morgan fingerprint density at radius 2 is 1.88 bits per heavy atom. The van der Waals surface area contributed by atoms with Crippen LogP contribution < -0.4 is 4.74 Å². The number of rotatable bonds is 5. The third-order valence-electron chi connectivity index (χ3n) is 5.80. The highest BCUT2D eigenvalue weighted by molar-refractivity contribution is 5.98. The summed E-state index contributed by atoms with van der Waals surface area (Å²) >= 11 is 0. The molecule has 8 heteroatoms. The maximum Gasteiger partial charge on any atom is 0.256 e. The predicted molar refractivity (Wildman–Crippen MR) is 117 cm³/mol. The van der Waals surface area contributed by atoms with Crippen LogP contribution in [0.5, 0.6) is 5.75 Å². The van der Waals surface area contributed by atoms with Gasteiger partial charge in [-0.2, -0.15) is 15.0 Å². The highest BCUT2D eigenvalue weighted by Crippen LogP contribution is 2.30. The first-order chi connectivity index (χ1) is 15.2. The number of piperidine rings is 1. The molecule has 1 aliphatic heterocycles. The summed E-state index contributed by atoms with van der Waals surface area (Å²) in [4.78, 5) is 16.7. The van der Waals surface area contributed by atoms with Crippen LogP contribution in [-0.2, 0) is 5.60 Å². The number of benzene rings is 2. The van der Waals surface area contributed by atoms with Gasteiger partial charge in [-0.1, -0.05) is 18.2 Å². The monoisotopic (exact) mass is 438 g/mol. The van der Waals surface area contributed by atoms with E-state index >= 15 is 0 Å². The molecule has 0 unspecified atom stereocenters. The third kappa shape index (κ3) is 4.50. The standard InChI is InChI=1S/C24H27FN4O3/c1-16-8-10-18(32-22-14-17(24(2,3)31)9-11-20(22)25)15-28(16)23(30)19-6-4-5-7-21(19)29-26-12-13-27-29/h4-7,9,11-14,16,18,31H,8,10,15H2,1-3H3/t16-,18-/m1/s1. The van der Waals surface area contributed by atoms with Crippen molar-refractivity contribution in [1.82, 2.24) is 19.9 Å². The van der Waals surface area contributed by atoms with Gasteiger partial charge in [-0.15, -0.1) is 0 Å². The number of amides is 1. The van der Waals surface area contributed by atoms with E-state index in [0.717, 1.165) is 6.42 Å². The van der Waals surface area contributed by atoms with E-state index in [0.29, 0.717) is 29.8 Å². The first-order valence-corrected chi connectivity index (χ1v) is 10.7. The van der Waals surface area contributed by atoms with Gasteiger partial charge in [0.15, 0.2) is 11.6 Å². The summed E-state index contributed by atoms with van der Waals surface area (Å²) in [5, 5.41) is 18.5. The number of hydrogen-bond acceptors (Lipinski definition) is 5. The zero-order valence-electron chi connectivity index (χ0n) is 18.4. The van der Waals surface area contributed by atoms with Gasteiger partial charge in [-0.05, 0) is 63.4 Å². The molecule has 32 heavy (non-hydrogen) atoms. The van der Waals surface area contributed by atoms with Crippen LogP contribution in [0, 0.1) is 5.82 Å². The lowest BCUT2D eigenvalue weighted by Crippen LogP contribution is -2.49. The van der Waals surface area contributed by atoms with Crippen molar-refractivity contribution in [1.29, 1.82) is 0 Å². The summed E-state index contributed by atoms with van der Waals surface area (Å²) in [7, 11) is 0. The molecule has 168 valence electrons. The Morgan fingerprint density at radius 1 is 1.16 bits per heavy atom. The molecule has 7 nitrogen and oxygen atoms in total. The topological polar surface area (TPSA) is 80.5 Å². The van der Waals surface area contributed by atoms with Crippen LogP contribution in [0.4, 0.5) is 4.39 Å². The van der Waals surface area contributed by atoms with Crippen molar-refractivity contribution in [3.05, 3.63) is 71.8 Å². The average molecular weight is 439 g/mol. The summed E-state index contributed by atoms with van der Waals surface area (Å²) < 4.78 is 20.4. The molecule has 0 radical (unpaired) electrons. The van der Waals surface area contributed by atoms with Crippen molar-refractivity contribution in [2.75, 3.05) is 6.54 Å². The van der Waals surface area contributed by atoms with E-state index in [1.54, 1.807) is 55.4 Å². The molecular weight excluding hydrogens is 411 g/mol. The van der Waals surface area contributed by atoms with Gasteiger partial charge >= 0.3 is 0 Å². The lowest BCUT2D eigenvalue weighted by Gasteiger charge is -2.38. The molecule has 2 aromatic carbocycles. The van der Waals surface area contributed by atoms with Gasteiger partial charge in [0, 0.05) is 6.04 Å². The Balaban J connectivity index is 1.56. The van der Waals surface area contributed by atoms with Crippen LogP contribution >= 0.6 is 0 Å². The van der Waals surface area contributed by atoms with Crippen LogP contribution in [0.15, 0.2) is 54.9 Å². The molecule has 1 N–H and O–H groups in total. The molecule has 1 fully saturated rings. The second kappa shape index (κ2) is 8.70. The van der Waals surface area contributed by atoms with Gasteiger partial charge in [0.05, 0.1) is 35.8 Å². The minimum Gasteiger partial charge on any atom is -0.485 e. The minimum atomic E-state index is -1.11. The molecule has 3 aromatic rings. The molecule has 2 atom stereocenters. The molecule has 1 amide bonds. The largest absolute Gasteiger partial charge is 0.485 e. The number of ether oxygens (including phenoxy) is 1. The van der Waals surface area contributed by atoms with Gasteiger partial charge in [0.2, 0.25) is 0 Å². The Kier molecular flexibility index (Phi) is 5.97. The summed E-state index contributed by atoms with van der Waals surface area (Å²) in [5.41, 5.74) is 0.541. The number of halogens is 1. The Labute approximate surface area is 186 Å². The number of hydrogen-bond donors (Lipinski definition) is 1. The zero-order valence-corrected chi connectivity index (χ0v) is 18.4. The van der Waals surface area contributed by atoms with Crippen LogP contribution in [0.2, 0.25) is 0 Å². The lowest BCUT2D eigenvalue weighted by atomic mass is 9.97. The smallest absolute Gasteiger partial charge is 0.256 e. The molecule has 2 heterocycles. The van der Waals surface area contributed by atoms with Gasteiger partial charge in [0.25, 0.3) is 5.91 Å². The SMILES string of the molecule is C[C@@H]1CC[C@@H](Oc2cc(C(C)(C)O)ccc2F)CN1C(=O)c1ccccc1-n1nccn1. The number of carbonyl (C=O) groups is 1. The molecule has 1 aromatic heterocycles. The number of nitrogens with zero attached hydrogens (tertiary/aromatic N) is 4. The van der Waals surface area contributed by atoms with Crippen molar-refractivity contribution in [3.8, 4) is 11.4 Å². The highest BCUT2D eigenvalue weighted by atomic mass is 19.1. The second-order valence-electron chi connectivity index (χ2n) is 8.66. The summed E-state index contributed by atoms with van der Waals surface area (Å²) in [6.45, 7) is 5.60. The van der Waals surface area contributed by atoms with Crippen LogP contribution in [0.3, 0.4) is 0 Å². The molecule has 1 saturated heterocycles. The summed E-state index contributed by atoms with van der Waals surface area (Å²) in [6, 6.07) is 11.6. The van der Waals surface area contributed by atoms with Crippen molar-refractivity contribution < 1.29 is 19.0 Å². The molecule has 4 rings (SSSR count). The number of carbonyl (C=O) groups excluding carboxylic acids is 1. The summed E-state index contributed by atoms with van der Waals surface area (Å²) in [5.74, 6) is -0.563. The first kappa shape index (κ1) is 22.0. The van der Waals surface area contributed by atoms with Crippen LogP contribution in [0.1, 0.15) is 49.5 Å². The van der Waals surface area contributed by atoms with E-state index in [1.165, 1.54) is 16.9 Å². The van der Waals surface area contributed by atoms with Gasteiger partial charge in [0.1, 0.15) is 6.10 Å². The Bertz CT molecular complexity index is 1090. The fraction of sp³-hybridized carbons (Fsp3) is 0.375. The maximum atomic E-state index is 14.4. The summed E-state index contributed by atoms with van der Waals surface area (Å²) in [6.07, 6.45) is 4.18. The van der Waals surface area contributed by atoms with E-state index < -0.39 is 11.4 Å². The number of para-hydroxylation sites is 1. The van der Waals surface area contributed by atoms with Crippen LogP contribution in [0.25, 0.3) is 5.69 Å². The van der Waals surface area contributed by atoms with E-state index in [9.17, 15) is 14.3 Å². The fourth-order valence-corrected chi connectivity index (χ4v) is 3.93. The average Bonchev–Trinajstić information content (AvgIpc) is 3.30. The molecule has 0 saturated carbocycles. The third-order valence-corrected chi connectivity index (χ3v) is 5.80. The molecule has 0 aliphatic carbocycles. The number of aliphatic hydroxyl groups is 1. The molecule has 1 aliphatic rings. The Hall–Kier alpha value is -3.26. The van der Waals surface area contributed by atoms with E-state index in [4.69, 9.17) is 4.74 Å². The van der Waals surface area contributed by atoms with Crippen molar-refractivity contribution in [3.63, 3.8) is 0 Å². The van der Waals surface area contributed by atoms with E-state index in [-0.39, 0.29) is 23.8 Å².